The lowest BCUT2D eigenvalue weighted by atomic mass is 10.1. The molecule has 2 aromatic heterocycles. The number of hydrogen-bond acceptors (Lipinski definition) is 5. The maximum absolute atomic E-state index is 12.4. The smallest absolute Gasteiger partial charge is 0.271 e. The van der Waals surface area contributed by atoms with Crippen LogP contribution in [0.4, 0.5) is 0 Å². The second kappa shape index (κ2) is 9.75. The molecule has 0 saturated carbocycles. The molecular formula is C22H28N6OS. The zero-order valence-electron chi connectivity index (χ0n) is 18.1. The molecule has 1 amide bonds. The Morgan fingerprint density at radius 2 is 2.00 bits per heavy atom. The summed E-state index contributed by atoms with van der Waals surface area (Å²) in [6.07, 6.45) is 3.39. The van der Waals surface area contributed by atoms with E-state index in [1.807, 2.05) is 35.9 Å². The highest BCUT2D eigenvalue weighted by Gasteiger charge is 2.09. The first-order valence-corrected chi connectivity index (χ1v) is 10.9. The lowest BCUT2D eigenvalue weighted by molar-refractivity contribution is 0.0955. The average molecular weight is 425 g/mol. The Labute approximate surface area is 181 Å². The minimum absolute atomic E-state index is 0.227. The van der Waals surface area contributed by atoms with Crippen LogP contribution in [-0.4, -0.2) is 31.5 Å². The van der Waals surface area contributed by atoms with E-state index in [0.29, 0.717) is 11.5 Å². The van der Waals surface area contributed by atoms with Gasteiger partial charge in [-0.15, -0.1) is 10.2 Å². The summed E-state index contributed by atoms with van der Waals surface area (Å²) < 4.78 is 4.16. The van der Waals surface area contributed by atoms with E-state index >= 15 is 0 Å². The van der Waals surface area contributed by atoms with Crippen molar-refractivity contribution in [1.29, 1.82) is 0 Å². The van der Waals surface area contributed by atoms with E-state index in [0.717, 1.165) is 34.3 Å². The summed E-state index contributed by atoms with van der Waals surface area (Å²) in [4.78, 5) is 12.4. The summed E-state index contributed by atoms with van der Waals surface area (Å²) in [7, 11) is 1.92. The lowest BCUT2D eigenvalue weighted by Gasteiger charge is -2.11. The van der Waals surface area contributed by atoms with E-state index in [2.05, 4.69) is 59.1 Å². The first-order valence-electron chi connectivity index (χ1n) is 9.91. The SMILES string of the molecule is Cc1cc(/C=N\NC(=O)c2ccc(CSc3nncn3C)cc2)c(C)n1CC(C)C. The van der Waals surface area contributed by atoms with Crippen LogP contribution >= 0.6 is 11.8 Å². The van der Waals surface area contributed by atoms with Gasteiger partial charge in [0.25, 0.3) is 5.91 Å². The quantitative estimate of drug-likeness (QED) is 0.337. The van der Waals surface area contributed by atoms with Crippen LogP contribution in [0.3, 0.4) is 0 Å². The molecule has 0 aliphatic heterocycles. The van der Waals surface area contributed by atoms with Crippen LogP contribution in [0.5, 0.6) is 0 Å². The van der Waals surface area contributed by atoms with Gasteiger partial charge in [0.1, 0.15) is 6.33 Å². The van der Waals surface area contributed by atoms with Crippen LogP contribution in [0.2, 0.25) is 0 Å². The largest absolute Gasteiger partial charge is 0.348 e. The van der Waals surface area contributed by atoms with Gasteiger partial charge < -0.3 is 9.13 Å². The summed E-state index contributed by atoms with van der Waals surface area (Å²) in [6, 6.07) is 9.61. The summed E-state index contributed by atoms with van der Waals surface area (Å²) >= 11 is 1.60. The molecule has 0 unspecified atom stereocenters. The van der Waals surface area contributed by atoms with E-state index in [1.165, 1.54) is 5.69 Å². The molecule has 158 valence electrons. The molecule has 0 radical (unpaired) electrons. The number of amides is 1. The van der Waals surface area contributed by atoms with Crippen molar-refractivity contribution in [2.75, 3.05) is 0 Å². The fourth-order valence-electron chi connectivity index (χ4n) is 3.13. The molecule has 0 aliphatic carbocycles. The van der Waals surface area contributed by atoms with Gasteiger partial charge in [-0.2, -0.15) is 5.10 Å². The van der Waals surface area contributed by atoms with Gasteiger partial charge in [0.2, 0.25) is 0 Å². The zero-order chi connectivity index (χ0) is 21.7. The maximum Gasteiger partial charge on any atom is 0.271 e. The molecule has 0 bridgehead atoms. The minimum atomic E-state index is -0.227. The third-order valence-corrected chi connectivity index (χ3v) is 5.89. The fraction of sp³-hybridized carbons (Fsp3) is 0.364. The molecule has 1 N–H and O–H groups in total. The molecule has 0 fully saturated rings. The number of hydrazone groups is 1. The number of thioether (sulfide) groups is 1. The van der Waals surface area contributed by atoms with Gasteiger partial charge in [-0.3, -0.25) is 4.79 Å². The molecule has 3 aromatic rings. The molecule has 0 atom stereocenters. The molecule has 7 nitrogen and oxygen atoms in total. The van der Waals surface area contributed by atoms with E-state index < -0.39 is 0 Å². The van der Waals surface area contributed by atoms with E-state index in [9.17, 15) is 4.79 Å². The van der Waals surface area contributed by atoms with Crippen molar-refractivity contribution in [2.45, 2.75) is 45.1 Å². The van der Waals surface area contributed by atoms with Crippen LogP contribution in [0, 0.1) is 19.8 Å². The summed E-state index contributed by atoms with van der Waals surface area (Å²) in [6.45, 7) is 9.55. The monoisotopic (exact) mass is 424 g/mol. The van der Waals surface area contributed by atoms with Gasteiger partial charge in [-0.1, -0.05) is 37.7 Å². The Bertz CT molecular complexity index is 1030. The van der Waals surface area contributed by atoms with Crippen LogP contribution < -0.4 is 5.43 Å². The molecule has 30 heavy (non-hydrogen) atoms. The minimum Gasteiger partial charge on any atom is -0.348 e. The Morgan fingerprint density at radius 1 is 1.27 bits per heavy atom. The molecule has 2 heterocycles. The van der Waals surface area contributed by atoms with E-state index in [4.69, 9.17) is 0 Å². The summed E-state index contributed by atoms with van der Waals surface area (Å²) in [5.41, 5.74) is 7.68. The average Bonchev–Trinajstić information content (AvgIpc) is 3.24. The number of aromatic nitrogens is 4. The Hall–Kier alpha value is -2.87. The Balaban J connectivity index is 1.56. The highest BCUT2D eigenvalue weighted by molar-refractivity contribution is 7.98. The topological polar surface area (TPSA) is 77.1 Å². The Kier molecular flexibility index (Phi) is 7.10. The number of carbonyl (C=O) groups is 1. The molecule has 0 saturated heterocycles. The van der Waals surface area contributed by atoms with Crippen LogP contribution in [-0.2, 0) is 19.3 Å². The second-order valence-electron chi connectivity index (χ2n) is 7.74. The fourth-order valence-corrected chi connectivity index (χ4v) is 3.98. The van der Waals surface area contributed by atoms with Crippen molar-refractivity contribution in [3.8, 4) is 0 Å². The first-order chi connectivity index (χ1) is 14.3. The summed E-state index contributed by atoms with van der Waals surface area (Å²) in [5.74, 6) is 1.11. The number of carbonyl (C=O) groups excluding carboxylic acids is 1. The second-order valence-corrected chi connectivity index (χ2v) is 8.68. The molecule has 3 rings (SSSR count). The Morgan fingerprint density at radius 3 is 2.63 bits per heavy atom. The predicted octanol–water partition coefficient (Wildman–Crippen LogP) is 3.95. The van der Waals surface area contributed by atoms with Crippen LogP contribution in [0.25, 0.3) is 0 Å². The predicted molar refractivity (Wildman–Crippen MR) is 121 cm³/mol. The van der Waals surface area contributed by atoms with Gasteiger partial charge in [0, 0.05) is 41.9 Å². The standard InChI is InChI=1S/C22H28N6OS/c1-15(2)12-28-16(3)10-20(17(28)4)11-23-25-21(29)19-8-6-18(7-9-19)13-30-22-26-24-14-27(22)5/h6-11,14-15H,12-13H2,1-5H3,(H,25,29)/b23-11-. The summed E-state index contributed by atoms with van der Waals surface area (Å²) in [5, 5.41) is 12.9. The van der Waals surface area contributed by atoms with Crippen molar-refractivity contribution >= 4 is 23.9 Å². The molecule has 1 aromatic carbocycles. The number of aryl methyl sites for hydroxylation is 2. The third-order valence-electron chi connectivity index (χ3n) is 4.78. The van der Waals surface area contributed by atoms with Gasteiger partial charge >= 0.3 is 0 Å². The highest BCUT2D eigenvalue weighted by Crippen LogP contribution is 2.20. The zero-order valence-corrected chi connectivity index (χ0v) is 18.9. The molecular weight excluding hydrogens is 396 g/mol. The van der Waals surface area contributed by atoms with Crippen molar-refractivity contribution in [3.05, 3.63) is 64.7 Å². The van der Waals surface area contributed by atoms with Gasteiger partial charge in [0.15, 0.2) is 5.16 Å². The van der Waals surface area contributed by atoms with Crippen molar-refractivity contribution in [2.24, 2.45) is 18.1 Å². The van der Waals surface area contributed by atoms with Gasteiger partial charge in [0.05, 0.1) is 6.21 Å². The number of hydrogen-bond donors (Lipinski definition) is 1. The lowest BCUT2D eigenvalue weighted by Crippen LogP contribution is -2.17. The van der Waals surface area contributed by atoms with E-state index in [1.54, 1.807) is 24.3 Å². The van der Waals surface area contributed by atoms with Crippen molar-refractivity contribution in [3.63, 3.8) is 0 Å². The van der Waals surface area contributed by atoms with E-state index in [-0.39, 0.29) is 5.91 Å². The number of nitrogens with one attached hydrogen (secondary N) is 1. The number of nitrogens with zero attached hydrogens (tertiary/aromatic N) is 5. The third kappa shape index (κ3) is 5.38. The molecule has 0 spiro atoms. The maximum atomic E-state index is 12.4. The molecule has 8 heteroatoms. The van der Waals surface area contributed by atoms with Gasteiger partial charge in [-0.05, 0) is 43.5 Å². The molecule has 0 aliphatic rings. The first kappa shape index (κ1) is 21.8. The van der Waals surface area contributed by atoms with Gasteiger partial charge in [-0.25, -0.2) is 5.43 Å². The highest BCUT2D eigenvalue weighted by atomic mass is 32.2. The van der Waals surface area contributed by atoms with Crippen LogP contribution in [0.15, 0.2) is 46.9 Å². The van der Waals surface area contributed by atoms with Crippen molar-refractivity contribution < 1.29 is 4.79 Å². The normalized spacial score (nSPS) is 11.5. The number of rotatable bonds is 8. The number of benzene rings is 1. The van der Waals surface area contributed by atoms with Crippen molar-refractivity contribution in [1.82, 2.24) is 24.8 Å². The van der Waals surface area contributed by atoms with Crippen LogP contribution in [0.1, 0.15) is 46.7 Å².